The van der Waals surface area contributed by atoms with Crippen LogP contribution in [-0.4, -0.2) is 23.4 Å². The average molecular weight is 250 g/mol. The second kappa shape index (κ2) is 5.48. The summed E-state index contributed by atoms with van der Waals surface area (Å²) in [6, 6.07) is 6.53. The molecule has 1 heterocycles. The van der Waals surface area contributed by atoms with E-state index in [2.05, 4.69) is 19.2 Å². The van der Waals surface area contributed by atoms with E-state index in [4.69, 9.17) is 0 Å². The summed E-state index contributed by atoms with van der Waals surface area (Å²) in [6.07, 6.45) is 1.89. The predicted octanol–water partition coefficient (Wildman–Crippen LogP) is 2.44. The molecule has 1 fully saturated rings. The summed E-state index contributed by atoms with van der Waals surface area (Å²) >= 11 is 0. The summed E-state index contributed by atoms with van der Waals surface area (Å²) in [5, 5.41) is 3.19. The maximum Gasteiger partial charge on any atom is 0.238 e. The van der Waals surface area contributed by atoms with Crippen molar-refractivity contribution in [2.45, 2.75) is 38.9 Å². The van der Waals surface area contributed by atoms with E-state index >= 15 is 0 Å². The summed E-state index contributed by atoms with van der Waals surface area (Å²) in [7, 11) is 0. The Morgan fingerprint density at radius 2 is 2.11 bits per heavy atom. The molecule has 0 radical (unpaired) electrons. The lowest BCUT2D eigenvalue weighted by Crippen LogP contribution is -2.37. The van der Waals surface area contributed by atoms with Crippen molar-refractivity contribution in [1.82, 2.24) is 10.2 Å². The third-order valence-corrected chi connectivity index (χ3v) is 3.38. The molecule has 1 N–H and O–H groups in total. The summed E-state index contributed by atoms with van der Waals surface area (Å²) in [4.78, 5) is 13.8. The summed E-state index contributed by atoms with van der Waals surface area (Å²) in [6.45, 7) is 4.53. The molecule has 1 saturated heterocycles. The van der Waals surface area contributed by atoms with E-state index in [1.54, 1.807) is 12.1 Å². The number of carbonyl (C=O) groups is 1. The molecule has 0 spiro atoms. The van der Waals surface area contributed by atoms with Gasteiger partial charge in [0.05, 0.1) is 6.54 Å². The van der Waals surface area contributed by atoms with Gasteiger partial charge in [-0.3, -0.25) is 10.1 Å². The van der Waals surface area contributed by atoms with Crippen LogP contribution in [0.1, 0.15) is 38.4 Å². The van der Waals surface area contributed by atoms with E-state index < -0.39 is 0 Å². The molecule has 0 bridgehead atoms. The molecule has 1 aromatic rings. The van der Waals surface area contributed by atoms with Crippen molar-refractivity contribution in [3.63, 3.8) is 0 Å². The van der Waals surface area contributed by atoms with Gasteiger partial charge in [-0.2, -0.15) is 0 Å². The molecule has 0 aromatic heterocycles. The molecule has 3 nitrogen and oxygen atoms in total. The van der Waals surface area contributed by atoms with Crippen LogP contribution in [0, 0.1) is 5.82 Å². The first-order valence-electron chi connectivity index (χ1n) is 6.43. The van der Waals surface area contributed by atoms with E-state index in [9.17, 15) is 9.18 Å². The highest BCUT2D eigenvalue weighted by atomic mass is 19.1. The Balaban J connectivity index is 2.20. The first kappa shape index (κ1) is 13.0. The van der Waals surface area contributed by atoms with Crippen LogP contribution in [0.25, 0.3) is 0 Å². The van der Waals surface area contributed by atoms with Gasteiger partial charge in [0.2, 0.25) is 5.91 Å². The normalized spacial score (nSPS) is 21.4. The Morgan fingerprint density at radius 1 is 1.44 bits per heavy atom. The van der Waals surface area contributed by atoms with Gasteiger partial charge in [-0.05, 0) is 31.0 Å². The van der Waals surface area contributed by atoms with E-state index in [-0.39, 0.29) is 23.9 Å². The number of hydrogen-bond acceptors (Lipinski definition) is 2. The number of hydrogen-bond donors (Lipinski definition) is 1. The Labute approximate surface area is 107 Å². The van der Waals surface area contributed by atoms with Gasteiger partial charge in [0.1, 0.15) is 12.0 Å². The van der Waals surface area contributed by atoms with Crippen molar-refractivity contribution < 1.29 is 9.18 Å². The molecule has 1 aliphatic heterocycles. The number of nitrogens with one attached hydrogen (secondary N) is 1. The molecule has 4 heteroatoms. The average Bonchev–Trinajstić information content (AvgIpc) is 2.72. The van der Waals surface area contributed by atoms with Gasteiger partial charge in [0, 0.05) is 6.04 Å². The van der Waals surface area contributed by atoms with Crippen LogP contribution < -0.4 is 5.32 Å². The predicted molar refractivity (Wildman–Crippen MR) is 68.4 cm³/mol. The van der Waals surface area contributed by atoms with Crippen LogP contribution in [0.15, 0.2) is 24.3 Å². The molecule has 2 rings (SSSR count). The van der Waals surface area contributed by atoms with Crippen molar-refractivity contribution in [3.05, 3.63) is 35.6 Å². The zero-order valence-corrected chi connectivity index (χ0v) is 10.8. The van der Waals surface area contributed by atoms with Gasteiger partial charge in [0.15, 0.2) is 0 Å². The zero-order valence-electron chi connectivity index (χ0n) is 10.8. The molecular weight excluding hydrogens is 231 g/mol. The Bertz CT molecular complexity index is 418. The number of halogens is 1. The molecule has 1 amide bonds. The number of benzene rings is 1. The smallest absolute Gasteiger partial charge is 0.238 e. The minimum Gasteiger partial charge on any atom is -0.319 e. The Kier molecular flexibility index (Phi) is 3.97. The molecule has 2 unspecified atom stereocenters. The van der Waals surface area contributed by atoms with Gasteiger partial charge in [-0.25, -0.2) is 4.39 Å². The highest BCUT2D eigenvalue weighted by Gasteiger charge is 2.34. The number of rotatable bonds is 4. The third-order valence-electron chi connectivity index (χ3n) is 3.38. The first-order valence-corrected chi connectivity index (χ1v) is 6.43. The van der Waals surface area contributed by atoms with Gasteiger partial charge in [-0.1, -0.05) is 25.5 Å². The second-order valence-electron chi connectivity index (χ2n) is 4.77. The lowest BCUT2D eigenvalue weighted by atomic mass is 10.1. The van der Waals surface area contributed by atoms with Crippen molar-refractivity contribution in [1.29, 1.82) is 0 Å². The van der Waals surface area contributed by atoms with Crippen LogP contribution in [0.4, 0.5) is 4.39 Å². The van der Waals surface area contributed by atoms with Gasteiger partial charge in [-0.15, -0.1) is 0 Å². The fourth-order valence-corrected chi connectivity index (χ4v) is 2.50. The molecule has 18 heavy (non-hydrogen) atoms. The van der Waals surface area contributed by atoms with Crippen LogP contribution >= 0.6 is 0 Å². The summed E-state index contributed by atoms with van der Waals surface area (Å²) < 4.78 is 12.9. The van der Waals surface area contributed by atoms with Crippen LogP contribution in [-0.2, 0) is 4.79 Å². The number of nitrogens with zero attached hydrogens (tertiary/aromatic N) is 1. The van der Waals surface area contributed by atoms with Gasteiger partial charge >= 0.3 is 0 Å². The maximum atomic E-state index is 12.9. The first-order chi connectivity index (χ1) is 8.63. The monoisotopic (exact) mass is 250 g/mol. The van der Waals surface area contributed by atoms with Crippen LogP contribution in [0.5, 0.6) is 0 Å². The highest BCUT2D eigenvalue weighted by molar-refractivity contribution is 5.81. The highest BCUT2D eigenvalue weighted by Crippen LogP contribution is 2.26. The molecule has 1 aliphatic rings. The molecule has 2 atom stereocenters. The summed E-state index contributed by atoms with van der Waals surface area (Å²) in [5.74, 6) is -0.137. The van der Waals surface area contributed by atoms with E-state index in [0.29, 0.717) is 6.54 Å². The minimum atomic E-state index is -0.253. The second-order valence-corrected chi connectivity index (χ2v) is 4.77. The molecule has 1 aromatic carbocycles. The fraction of sp³-hybridized carbons (Fsp3) is 0.500. The molecule has 0 aliphatic carbocycles. The largest absolute Gasteiger partial charge is 0.319 e. The fourth-order valence-electron chi connectivity index (χ4n) is 2.50. The summed E-state index contributed by atoms with van der Waals surface area (Å²) in [5.41, 5.74) is 0.935. The van der Waals surface area contributed by atoms with E-state index in [1.165, 1.54) is 12.1 Å². The van der Waals surface area contributed by atoms with Gasteiger partial charge < -0.3 is 4.90 Å². The standard InChI is InChI=1S/C14H19FN2O/c1-3-4-10(2)17-13(18)9-16-14(17)11-5-7-12(15)8-6-11/h5-8,10,14,16H,3-4,9H2,1-2H3. The number of amides is 1. The number of carbonyl (C=O) groups excluding carboxylic acids is 1. The lowest BCUT2D eigenvalue weighted by Gasteiger charge is -2.30. The van der Waals surface area contributed by atoms with Crippen molar-refractivity contribution in [2.24, 2.45) is 0 Å². The minimum absolute atomic E-state index is 0.116. The van der Waals surface area contributed by atoms with E-state index in [0.717, 1.165) is 18.4 Å². The third kappa shape index (κ3) is 2.53. The van der Waals surface area contributed by atoms with Gasteiger partial charge in [0.25, 0.3) is 0 Å². The molecular formula is C14H19FN2O. The lowest BCUT2D eigenvalue weighted by molar-refractivity contribution is -0.130. The van der Waals surface area contributed by atoms with Crippen LogP contribution in [0.2, 0.25) is 0 Å². The Morgan fingerprint density at radius 3 is 2.72 bits per heavy atom. The maximum absolute atomic E-state index is 12.9. The SMILES string of the molecule is CCCC(C)N1C(=O)CNC1c1ccc(F)cc1. The zero-order chi connectivity index (χ0) is 13.1. The topological polar surface area (TPSA) is 32.3 Å². The quantitative estimate of drug-likeness (QED) is 0.890. The Hall–Kier alpha value is -1.42. The van der Waals surface area contributed by atoms with Crippen LogP contribution in [0.3, 0.4) is 0 Å². The molecule has 0 saturated carbocycles. The van der Waals surface area contributed by atoms with Crippen molar-refractivity contribution >= 4 is 5.91 Å². The van der Waals surface area contributed by atoms with E-state index in [1.807, 2.05) is 4.90 Å². The molecule has 98 valence electrons. The van der Waals surface area contributed by atoms with Crippen molar-refractivity contribution in [2.75, 3.05) is 6.54 Å². The van der Waals surface area contributed by atoms with Crippen molar-refractivity contribution in [3.8, 4) is 0 Å².